The van der Waals surface area contributed by atoms with Gasteiger partial charge < -0.3 is 9.88 Å². The Kier molecular flexibility index (Phi) is 3.80. The number of aromatic nitrogens is 1. The number of rotatable bonds is 5. The van der Waals surface area contributed by atoms with Crippen molar-refractivity contribution < 1.29 is 0 Å². The molecule has 0 fully saturated rings. The molecule has 2 aromatic rings. The zero-order chi connectivity index (χ0) is 11.4. The normalized spacial score (nSPS) is 12.9. The van der Waals surface area contributed by atoms with Gasteiger partial charge >= 0.3 is 0 Å². The molecule has 2 heterocycles. The molecule has 0 radical (unpaired) electrons. The molecule has 1 N–H and O–H groups in total. The fraction of sp³-hybridized carbons (Fsp3) is 0.385. The molecule has 0 spiro atoms. The molecule has 3 heteroatoms. The number of thiophene rings is 1. The molecule has 0 aliphatic carbocycles. The molecule has 0 saturated heterocycles. The third kappa shape index (κ3) is 2.74. The highest BCUT2D eigenvalue weighted by Gasteiger charge is 2.05. The third-order valence-electron chi connectivity index (χ3n) is 2.83. The van der Waals surface area contributed by atoms with E-state index in [9.17, 15) is 0 Å². The molecule has 1 atom stereocenters. The van der Waals surface area contributed by atoms with Crippen molar-refractivity contribution in [1.29, 1.82) is 0 Å². The van der Waals surface area contributed by atoms with E-state index in [2.05, 4.69) is 59.0 Å². The summed E-state index contributed by atoms with van der Waals surface area (Å²) in [6, 6.07) is 4.78. The molecule has 0 amide bonds. The van der Waals surface area contributed by atoms with Gasteiger partial charge in [0.05, 0.1) is 0 Å². The average molecular weight is 234 g/mol. The predicted molar refractivity (Wildman–Crippen MR) is 69.7 cm³/mol. The summed E-state index contributed by atoms with van der Waals surface area (Å²) in [5.41, 5.74) is 2.73. The van der Waals surface area contributed by atoms with Gasteiger partial charge in [0.15, 0.2) is 0 Å². The Morgan fingerprint density at radius 2 is 2.31 bits per heavy atom. The summed E-state index contributed by atoms with van der Waals surface area (Å²) in [7, 11) is 0. The fourth-order valence-electron chi connectivity index (χ4n) is 1.70. The van der Waals surface area contributed by atoms with E-state index in [0.29, 0.717) is 6.04 Å². The maximum Gasteiger partial charge on any atom is 0.0303 e. The molecule has 2 nitrogen and oxygen atoms in total. The monoisotopic (exact) mass is 234 g/mol. The zero-order valence-corrected chi connectivity index (χ0v) is 10.6. The Hall–Kier alpha value is -1.06. The maximum absolute atomic E-state index is 3.53. The lowest BCUT2D eigenvalue weighted by Gasteiger charge is -2.11. The second kappa shape index (κ2) is 5.32. The van der Waals surface area contributed by atoms with Crippen LogP contribution in [0.15, 0.2) is 35.3 Å². The summed E-state index contributed by atoms with van der Waals surface area (Å²) >= 11 is 1.75. The van der Waals surface area contributed by atoms with Crippen LogP contribution in [0.5, 0.6) is 0 Å². The van der Waals surface area contributed by atoms with Crippen molar-refractivity contribution >= 4 is 11.3 Å². The second-order valence-electron chi connectivity index (χ2n) is 4.01. The number of hydrogen-bond donors (Lipinski definition) is 1. The van der Waals surface area contributed by atoms with E-state index in [1.807, 2.05) is 0 Å². The number of nitrogens with zero attached hydrogens (tertiary/aromatic N) is 1. The van der Waals surface area contributed by atoms with Crippen LogP contribution >= 0.6 is 11.3 Å². The van der Waals surface area contributed by atoms with Gasteiger partial charge in [-0.3, -0.25) is 0 Å². The summed E-state index contributed by atoms with van der Waals surface area (Å²) in [4.78, 5) is 0. The van der Waals surface area contributed by atoms with Crippen LogP contribution in [0.25, 0.3) is 0 Å². The second-order valence-corrected chi connectivity index (χ2v) is 4.79. The molecule has 0 aliphatic rings. The minimum absolute atomic E-state index is 0.427. The van der Waals surface area contributed by atoms with E-state index >= 15 is 0 Å². The Morgan fingerprint density at radius 3 is 2.94 bits per heavy atom. The van der Waals surface area contributed by atoms with Gasteiger partial charge in [0, 0.05) is 31.5 Å². The van der Waals surface area contributed by atoms with E-state index in [1.165, 1.54) is 11.1 Å². The van der Waals surface area contributed by atoms with Crippen LogP contribution in [-0.4, -0.2) is 4.57 Å². The number of hydrogen-bond acceptors (Lipinski definition) is 2. The van der Waals surface area contributed by atoms with Crippen molar-refractivity contribution in [3.63, 3.8) is 0 Å². The molecular weight excluding hydrogens is 216 g/mol. The average Bonchev–Trinajstić information content (AvgIpc) is 2.96. The van der Waals surface area contributed by atoms with Crippen molar-refractivity contribution in [3.05, 3.63) is 46.4 Å². The molecular formula is C13H18N2S. The van der Waals surface area contributed by atoms with Crippen LogP contribution in [0.2, 0.25) is 0 Å². The number of nitrogens with one attached hydrogen (secondary N) is 1. The highest BCUT2D eigenvalue weighted by Crippen LogP contribution is 2.16. The first-order valence-corrected chi connectivity index (χ1v) is 6.64. The maximum atomic E-state index is 3.53. The van der Waals surface area contributed by atoms with E-state index in [-0.39, 0.29) is 0 Å². The van der Waals surface area contributed by atoms with Crippen LogP contribution in [0.1, 0.15) is 31.0 Å². The fourth-order valence-corrected chi connectivity index (χ4v) is 2.46. The van der Waals surface area contributed by atoms with Gasteiger partial charge in [-0.05, 0) is 47.9 Å². The Bertz CT molecular complexity index is 417. The third-order valence-corrected chi connectivity index (χ3v) is 3.53. The highest BCUT2D eigenvalue weighted by molar-refractivity contribution is 7.07. The van der Waals surface area contributed by atoms with Crippen LogP contribution in [0, 0.1) is 0 Å². The lowest BCUT2D eigenvalue weighted by molar-refractivity contribution is 0.575. The first kappa shape index (κ1) is 11.4. The van der Waals surface area contributed by atoms with Crippen LogP contribution in [0.3, 0.4) is 0 Å². The zero-order valence-electron chi connectivity index (χ0n) is 9.81. The molecule has 2 aromatic heterocycles. The summed E-state index contributed by atoms with van der Waals surface area (Å²) in [6.07, 6.45) is 4.33. The summed E-state index contributed by atoms with van der Waals surface area (Å²) in [5.74, 6) is 0. The molecule has 2 rings (SSSR count). The van der Waals surface area contributed by atoms with Gasteiger partial charge in [-0.2, -0.15) is 11.3 Å². The Morgan fingerprint density at radius 1 is 1.44 bits per heavy atom. The predicted octanol–water partition coefficient (Wildman–Crippen LogP) is 3.42. The van der Waals surface area contributed by atoms with E-state index in [4.69, 9.17) is 0 Å². The van der Waals surface area contributed by atoms with Crippen molar-refractivity contribution in [2.75, 3.05) is 0 Å². The summed E-state index contributed by atoms with van der Waals surface area (Å²) < 4.78 is 2.20. The van der Waals surface area contributed by atoms with E-state index < -0.39 is 0 Å². The van der Waals surface area contributed by atoms with Gasteiger partial charge in [0.25, 0.3) is 0 Å². The van der Waals surface area contributed by atoms with Crippen molar-refractivity contribution in [3.8, 4) is 0 Å². The van der Waals surface area contributed by atoms with E-state index in [0.717, 1.165) is 13.1 Å². The standard InChI is InChI=1S/C13H18N2S/c1-3-15-6-4-12(9-15)8-14-11(2)13-5-7-16-10-13/h4-7,9-11,14H,3,8H2,1-2H3. The molecule has 0 bridgehead atoms. The van der Waals surface area contributed by atoms with Crippen molar-refractivity contribution in [2.45, 2.75) is 33.0 Å². The Labute approximate surface area is 101 Å². The lowest BCUT2D eigenvalue weighted by atomic mass is 10.2. The molecule has 16 heavy (non-hydrogen) atoms. The molecule has 0 aliphatic heterocycles. The summed E-state index contributed by atoms with van der Waals surface area (Å²) in [6.45, 7) is 6.34. The minimum Gasteiger partial charge on any atom is -0.354 e. The van der Waals surface area contributed by atoms with Crippen LogP contribution < -0.4 is 5.32 Å². The smallest absolute Gasteiger partial charge is 0.0303 e. The van der Waals surface area contributed by atoms with Crippen LogP contribution in [-0.2, 0) is 13.1 Å². The van der Waals surface area contributed by atoms with Gasteiger partial charge in [-0.25, -0.2) is 0 Å². The highest BCUT2D eigenvalue weighted by atomic mass is 32.1. The first-order chi connectivity index (χ1) is 7.79. The lowest BCUT2D eigenvalue weighted by Crippen LogP contribution is -2.17. The van der Waals surface area contributed by atoms with Crippen molar-refractivity contribution in [2.24, 2.45) is 0 Å². The topological polar surface area (TPSA) is 17.0 Å². The molecule has 1 unspecified atom stereocenters. The summed E-state index contributed by atoms with van der Waals surface area (Å²) in [5, 5.41) is 7.86. The number of aryl methyl sites for hydroxylation is 1. The van der Waals surface area contributed by atoms with Crippen LogP contribution in [0.4, 0.5) is 0 Å². The molecule has 0 saturated carbocycles. The van der Waals surface area contributed by atoms with E-state index in [1.54, 1.807) is 11.3 Å². The first-order valence-electron chi connectivity index (χ1n) is 5.69. The SMILES string of the molecule is CCn1ccc(CNC(C)c2ccsc2)c1. The molecule has 86 valence electrons. The minimum atomic E-state index is 0.427. The van der Waals surface area contributed by atoms with Gasteiger partial charge in [-0.1, -0.05) is 0 Å². The van der Waals surface area contributed by atoms with Crippen molar-refractivity contribution in [1.82, 2.24) is 9.88 Å². The molecule has 0 aromatic carbocycles. The van der Waals surface area contributed by atoms with Gasteiger partial charge in [0.1, 0.15) is 0 Å². The Balaban J connectivity index is 1.87. The largest absolute Gasteiger partial charge is 0.354 e. The van der Waals surface area contributed by atoms with Gasteiger partial charge in [0.2, 0.25) is 0 Å². The quantitative estimate of drug-likeness (QED) is 0.839. The van der Waals surface area contributed by atoms with Gasteiger partial charge in [-0.15, -0.1) is 0 Å².